The zero-order valence-corrected chi connectivity index (χ0v) is 15.6. The molecular formula is C19H19N5O4. The third-order valence-electron chi connectivity index (χ3n) is 3.88. The van der Waals surface area contributed by atoms with E-state index in [4.69, 9.17) is 9.47 Å². The van der Waals surface area contributed by atoms with Crippen LogP contribution in [0.3, 0.4) is 0 Å². The maximum atomic E-state index is 12.1. The van der Waals surface area contributed by atoms with E-state index in [9.17, 15) is 9.59 Å². The van der Waals surface area contributed by atoms with Crippen molar-refractivity contribution in [3.05, 3.63) is 52.8 Å². The van der Waals surface area contributed by atoms with Crippen molar-refractivity contribution in [3.8, 4) is 22.8 Å². The number of methoxy groups -OCH3 is 2. The number of carbonyl (C=O) groups excluding carboxylic acids is 1. The van der Waals surface area contributed by atoms with E-state index in [0.717, 1.165) is 0 Å². The maximum Gasteiger partial charge on any atom is 0.292 e. The summed E-state index contributed by atoms with van der Waals surface area (Å²) in [4.78, 5) is 23.2. The van der Waals surface area contributed by atoms with Crippen molar-refractivity contribution in [2.24, 2.45) is 10.2 Å². The Morgan fingerprint density at radius 1 is 0.964 bits per heavy atom. The fourth-order valence-corrected chi connectivity index (χ4v) is 2.57. The van der Waals surface area contributed by atoms with E-state index in [0.29, 0.717) is 34.1 Å². The molecule has 0 spiro atoms. The lowest BCUT2D eigenvalue weighted by atomic mass is 10.1. The Morgan fingerprint density at radius 2 is 1.68 bits per heavy atom. The van der Waals surface area contributed by atoms with Crippen LogP contribution < -0.4 is 20.3 Å². The number of ether oxygens (including phenoxy) is 2. The molecule has 1 aromatic heterocycles. The van der Waals surface area contributed by atoms with Gasteiger partial charge in [0.05, 0.1) is 25.6 Å². The van der Waals surface area contributed by atoms with Crippen LogP contribution in [0.15, 0.2) is 57.5 Å². The SMILES string of the molecule is COc1ccc(-c2[nH][nH]c(=O)c2N=Nc2ccc(NC(C)=O)cc2)cc1OC. The molecule has 2 aromatic carbocycles. The van der Waals surface area contributed by atoms with Crippen molar-refractivity contribution in [1.29, 1.82) is 0 Å². The molecule has 0 fully saturated rings. The van der Waals surface area contributed by atoms with Crippen molar-refractivity contribution < 1.29 is 14.3 Å². The summed E-state index contributed by atoms with van der Waals surface area (Å²) in [7, 11) is 3.08. The molecule has 0 aliphatic heterocycles. The first-order valence-electron chi connectivity index (χ1n) is 8.34. The van der Waals surface area contributed by atoms with Crippen LogP contribution in [0.5, 0.6) is 11.5 Å². The summed E-state index contributed by atoms with van der Waals surface area (Å²) in [5, 5.41) is 16.2. The van der Waals surface area contributed by atoms with Gasteiger partial charge in [0.15, 0.2) is 17.2 Å². The highest BCUT2D eigenvalue weighted by Gasteiger charge is 2.14. The number of azo groups is 1. The summed E-state index contributed by atoms with van der Waals surface area (Å²) in [5.74, 6) is 0.942. The summed E-state index contributed by atoms with van der Waals surface area (Å²) in [5.41, 5.74) is 2.09. The Bertz CT molecular complexity index is 1070. The summed E-state index contributed by atoms with van der Waals surface area (Å²) >= 11 is 0. The lowest BCUT2D eigenvalue weighted by molar-refractivity contribution is -0.114. The first-order valence-corrected chi connectivity index (χ1v) is 8.34. The molecule has 0 aliphatic rings. The van der Waals surface area contributed by atoms with Gasteiger partial charge in [0.1, 0.15) is 0 Å². The van der Waals surface area contributed by atoms with Gasteiger partial charge in [-0.25, -0.2) is 0 Å². The Morgan fingerprint density at radius 3 is 2.32 bits per heavy atom. The smallest absolute Gasteiger partial charge is 0.292 e. The highest BCUT2D eigenvalue weighted by molar-refractivity contribution is 5.88. The lowest BCUT2D eigenvalue weighted by Gasteiger charge is -2.08. The summed E-state index contributed by atoms with van der Waals surface area (Å²) in [6, 6.07) is 12.0. The molecule has 28 heavy (non-hydrogen) atoms. The van der Waals surface area contributed by atoms with Crippen molar-refractivity contribution in [1.82, 2.24) is 10.2 Å². The molecule has 9 heteroatoms. The molecule has 0 atom stereocenters. The first kappa shape index (κ1) is 18.9. The Hall–Kier alpha value is -3.88. The third-order valence-corrected chi connectivity index (χ3v) is 3.88. The fourth-order valence-electron chi connectivity index (χ4n) is 2.57. The molecule has 1 heterocycles. The number of aromatic nitrogens is 2. The van der Waals surface area contributed by atoms with Crippen molar-refractivity contribution in [2.45, 2.75) is 6.92 Å². The molecule has 0 saturated heterocycles. The van der Waals surface area contributed by atoms with Gasteiger partial charge in [-0.15, -0.1) is 5.11 Å². The number of hydrogen-bond donors (Lipinski definition) is 3. The number of H-pyrrole nitrogens is 2. The Kier molecular flexibility index (Phi) is 5.54. The topological polar surface area (TPSA) is 121 Å². The van der Waals surface area contributed by atoms with Gasteiger partial charge in [-0.2, -0.15) is 5.11 Å². The van der Waals surface area contributed by atoms with Crippen molar-refractivity contribution >= 4 is 23.0 Å². The van der Waals surface area contributed by atoms with E-state index >= 15 is 0 Å². The molecule has 0 unspecified atom stereocenters. The first-order chi connectivity index (χ1) is 13.5. The number of amides is 1. The van der Waals surface area contributed by atoms with E-state index in [1.807, 2.05) is 0 Å². The van der Waals surface area contributed by atoms with Crippen molar-refractivity contribution in [3.63, 3.8) is 0 Å². The molecule has 0 bridgehead atoms. The molecular weight excluding hydrogens is 362 g/mol. The highest BCUT2D eigenvalue weighted by Crippen LogP contribution is 2.34. The molecule has 3 rings (SSSR count). The lowest BCUT2D eigenvalue weighted by Crippen LogP contribution is -2.04. The maximum absolute atomic E-state index is 12.1. The molecule has 9 nitrogen and oxygen atoms in total. The standard InChI is InChI=1S/C19H19N5O4/c1-11(25)20-13-5-7-14(8-6-13)21-23-18-17(22-24-19(18)26)12-4-9-15(27-2)16(10-12)28-3/h4-10H,1-3H3,(H,20,25)(H2,22,24,26). The van der Waals surface area contributed by atoms with Crippen LogP contribution in [0.2, 0.25) is 0 Å². The third kappa shape index (κ3) is 4.09. The second kappa shape index (κ2) is 8.21. The van der Waals surface area contributed by atoms with Crippen LogP contribution in [0.1, 0.15) is 6.92 Å². The number of carbonyl (C=O) groups is 1. The van der Waals surface area contributed by atoms with Gasteiger partial charge in [-0.05, 0) is 42.5 Å². The fraction of sp³-hybridized carbons (Fsp3) is 0.158. The monoisotopic (exact) mass is 381 g/mol. The van der Waals surface area contributed by atoms with Crippen LogP contribution in [0.25, 0.3) is 11.3 Å². The Labute approximate surface area is 160 Å². The van der Waals surface area contributed by atoms with Crippen LogP contribution in [-0.4, -0.2) is 30.3 Å². The molecule has 0 saturated carbocycles. The Balaban J connectivity index is 1.90. The summed E-state index contributed by atoms with van der Waals surface area (Å²) < 4.78 is 10.5. The van der Waals surface area contributed by atoms with Gasteiger partial charge in [0.2, 0.25) is 5.91 Å². The number of hydrogen-bond acceptors (Lipinski definition) is 6. The molecule has 144 valence electrons. The normalized spacial score (nSPS) is 10.8. The quantitative estimate of drug-likeness (QED) is 0.563. The number of benzene rings is 2. The van der Waals surface area contributed by atoms with E-state index in [2.05, 4.69) is 25.7 Å². The van der Waals surface area contributed by atoms with E-state index in [1.165, 1.54) is 14.0 Å². The van der Waals surface area contributed by atoms with Gasteiger partial charge < -0.3 is 14.8 Å². The van der Waals surface area contributed by atoms with Crippen LogP contribution >= 0.6 is 0 Å². The minimum absolute atomic E-state index is 0.137. The summed E-state index contributed by atoms with van der Waals surface area (Å²) in [6.45, 7) is 1.43. The number of aromatic amines is 2. The molecule has 0 aliphatic carbocycles. The minimum Gasteiger partial charge on any atom is -0.493 e. The second-order valence-electron chi connectivity index (χ2n) is 5.80. The van der Waals surface area contributed by atoms with Gasteiger partial charge in [-0.3, -0.25) is 19.8 Å². The number of rotatable bonds is 6. The van der Waals surface area contributed by atoms with Crippen molar-refractivity contribution in [2.75, 3.05) is 19.5 Å². The average Bonchev–Trinajstić information content (AvgIpc) is 3.07. The van der Waals surface area contributed by atoms with Gasteiger partial charge >= 0.3 is 0 Å². The zero-order valence-electron chi connectivity index (χ0n) is 15.6. The summed E-state index contributed by atoms with van der Waals surface area (Å²) in [6.07, 6.45) is 0. The number of nitrogens with zero attached hydrogens (tertiary/aromatic N) is 2. The average molecular weight is 381 g/mol. The van der Waals surface area contributed by atoms with E-state index < -0.39 is 5.56 Å². The zero-order chi connectivity index (χ0) is 20.1. The van der Waals surface area contributed by atoms with Crippen LogP contribution in [-0.2, 0) is 4.79 Å². The molecule has 3 N–H and O–H groups in total. The molecule has 3 aromatic rings. The predicted molar refractivity (Wildman–Crippen MR) is 105 cm³/mol. The largest absolute Gasteiger partial charge is 0.493 e. The number of nitrogens with one attached hydrogen (secondary N) is 3. The molecule has 1 amide bonds. The van der Waals surface area contributed by atoms with Gasteiger partial charge in [0.25, 0.3) is 5.56 Å². The van der Waals surface area contributed by atoms with Gasteiger partial charge in [0, 0.05) is 18.2 Å². The predicted octanol–water partition coefficient (Wildman–Crippen LogP) is 3.76. The minimum atomic E-state index is -0.400. The van der Waals surface area contributed by atoms with Crippen LogP contribution in [0.4, 0.5) is 17.1 Å². The highest BCUT2D eigenvalue weighted by atomic mass is 16.5. The second-order valence-corrected chi connectivity index (χ2v) is 5.80. The van der Waals surface area contributed by atoms with Gasteiger partial charge in [-0.1, -0.05) is 0 Å². The van der Waals surface area contributed by atoms with Crippen LogP contribution in [0, 0.1) is 0 Å². The van der Waals surface area contributed by atoms with E-state index in [1.54, 1.807) is 49.6 Å². The number of anilines is 1. The molecule has 0 radical (unpaired) electrons. The van der Waals surface area contributed by atoms with E-state index in [-0.39, 0.29) is 11.6 Å².